The molecule has 2 aromatic rings. The highest BCUT2D eigenvalue weighted by Crippen LogP contribution is 2.28. The lowest BCUT2D eigenvalue weighted by Gasteiger charge is -2.11. The van der Waals surface area contributed by atoms with Crippen LogP contribution in [-0.2, 0) is 0 Å². The summed E-state index contributed by atoms with van der Waals surface area (Å²) in [7, 11) is 0. The Morgan fingerprint density at radius 1 is 1.35 bits per heavy atom. The molecule has 0 aliphatic carbocycles. The van der Waals surface area contributed by atoms with Gasteiger partial charge in [-0.3, -0.25) is 0 Å². The van der Waals surface area contributed by atoms with Gasteiger partial charge in [-0.2, -0.15) is 0 Å². The fourth-order valence-corrected chi connectivity index (χ4v) is 1.85. The van der Waals surface area contributed by atoms with Gasteiger partial charge in [0.05, 0.1) is 21.4 Å². The molecular weight excluding hydrogens is 336 g/mol. The zero-order valence-electron chi connectivity index (χ0n) is 9.82. The maximum atomic E-state index is 13.6. The minimum Gasteiger partial charge on any atom is -0.478 e. The lowest BCUT2D eigenvalue weighted by atomic mass is 10.2. The van der Waals surface area contributed by atoms with Crippen LogP contribution >= 0.6 is 15.9 Å². The lowest BCUT2D eigenvalue weighted by Crippen LogP contribution is -2.07. The molecule has 5 nitrogen and oxygen atoms in total. The second-order valence-electron chi connectivity index (χ2n) is 3.80. The van der Waals surface area contributed by atoms with Crippen LogP contribution in [0.4, 0.5) is 26.0 Å². The van der Waals surface area contributed by atoms with Crippen LogP contribution in [-0.4, -0.2) is 16.1 Å². The molecule has 104 valence electrons. The molecule has 0 spiro atoms. The molecule has 0 bridgehead atoms. The Morgan fingerprint density at radius 3 is 2.70 bits per heavy atom. The SMILES string of the molecule is Nc1c(C(=O)O)ccnc1Nc1cc(Br)c(F)cc1F. The lowest BCUT2D eigenvalue weighted by molar-refractivity contribution is 0.0698. The molecule has 1 aromatic heterocycles. The van der Waals surface area contributed by atoms with Crippen LogP contribution in [0.2, 0.25) is 0 Å². The maximum absolute atomic E-state index is 13.6. The predicted octanol–water partition coefficient (Wildman–Crippen LogP) is 3.15. The highest BCUT2D eigenvalue weighted by atomic mass is 79.9. The number of nitrogen functional groups attached to an aromatic ring is 1. The fourth-order valence-electron chi connectivity index (χ4n) is 1.51. The summed E-state index contributed by atoms with van der Waals surface area (Å²) >= 11 is 2.92. The highest BCUT2D eigenvalue weighted by molar-refractivity contribution is 9.10. The summed E-state index contributed by atoms with van der Waals surface area (Å²) in [6, 6.07) is 3.07. The van der Waals surface area contributed by atoms with Crippen molar-refractivity contribution in [2.45, 2.75) is 0 Å². The summed E-state index contributed by atoms with van der Waals surface area (Å²) in [6.07, 6.45) is 1.22. The molecule has 1 aromatic carbocycles. The number of aromatic nitrogens is 1. The summed E-state index contributed by atoms with van der Waals surface area (Å²) in [5.41, 5.74) is 5.25. The monoisotopic (exact) mass is 343 g/mol. The van der Waals surface area contributed by atoms with Crippen LogP contribution in [0.1, 0.15) is 10.4 Å². The Labute approximate surface area is 120 Å². The van der Waals surface area contributed by atoms with E-state index in [1.54, 1.807) is 0 Å². The Balaban J connectivity index is 2.43. The van der Waals surface area contributed by atoms with Crippen LogP contribution in [0, 0.1) is 11.6 Å². The Bertz CT molecular complexity index is 695. The molecule has 0 amide bonds. The van der Waals surface area contributed by atoms with Gasteiger partial charge in [0.25, 0.3) is 0 Å². The zero-order valence-corrected chi connectivity index (χ0v) is 11.4. The number of benzene rings is 1. The number of hydrogen-bond acceptors (Lipinski definition) is 4. The molecule has 20 heavy (non-hydrogen) atoms. The predicted molar refractivity (Wildman–Crippen MR) is 72.9 cm³/mol. The smallest absolute Gasteiger partial charge is 0.337 e. The molecule has 4 N–H and O–H groups in total. The van der Waals surface area contributed by atoms with Gasteiger partial charge in [0.1, 0.15) is 11.6 Å². The first-order valence-electron chi connectivity index (χ1n) is 5.29. The number of nitrogens with zero attached hydrogens (tertiary/aromatic N) is 1. The van der Waals surface area contributed by atoms with E-state index in [1.165, 1.54) is 18.3 Å². The van der Waals surface area contributed by atoms with E-state index in [0.29, 0.717) is 6.07 Å². The maximum Gasteiger partial charge on any atom is 0.337 e. The molecule has 0 aliphatic heterocycles. The molecule has 0 atom stereocenters. The van der Waals surface area contributed by atoms with Crippen LogP contribution < -0.4 is 11.1 Å². The van der Waals surface area contributed by atoms with E-state index in [1.807, 2.05) is 0 Å². The molecule has 1 heterocycles. The van der Waals surface area contributed by atoms with Crippen LogP contribution in [0.5, 0.6) is 0 Å². The molecule has 2 rings (SSSR count). The molecule has 0 saturated heterocycles. The van der Waals surface area contributed by atoms with E-state index in [2.05, 4.69) is 26.2 Å². The molecular formula is C12H8BrF2N3O2. The number of rotatable bonds is 3. The van der Waals surface area contributed by atoms with Crippen molar-refractivity contribution in [3.63, 3.8) is 0 Å². The number of carbonyl (C=O) groups is 1. The number of nitrogens with one attached hydrogen (secondary N) is 1. The van der Waals surface area contributed by atoms with Gasteiger partial charge < -0.3 is 16.2 Å². The zero-order chi connectivity index (χ0) is 14.9. The Kier molecular flexibility index (Phi) is 3.84. The van der Waals surface area contributed by atoms with Gasteiger partial charge in [-0.15, -0.1) is 0 Å². The van der Waals surface area contributed by atoms with Crippen LogP contribution in [0.25, 0.3) is 0 Å². The van der Waals surface area contributed by atoms with Crippen molar-refractivity contribution >= 4 is 39.1 Å². The number of anilines is 3. The van der Waals surface area contributed by atoms with Crippen molar-refractivity contribution in [1.29, 1.82) is 0 Å². The topological polar surface area (TPSA) is 88.2 Å². The molecule has 0 unspecified atom stereocenters. The Hall–Kier alpha value is -2.22. The first-order valence-corrected chi connectivity index (χ1v) is 6.08. The summed E-state index contributed by atoms with van der Waals surface area (Å²) in [5, 5.41) is 11.5. The van der Waals surface area contributed by atoms with E-state index in [9.17, 15) is 13.6 Å². The number of carboxylic acids is 1. The average molecular weight is 344 g/mol. The first-order chi connectivity index (χ1) is 9.40. The van der Waals surface area contributed by atoms with Crippen LogP contribution in [0.15, 0.2) is 28.9 Å². The summed E-state index contributed by atoms with van der Waals surface area (Å²) in [4.78, 5) is 14.8. The van der Waals surface area contributed by atoms with Crippen molar-refractivity contribution in [3.8, 4) is 0 Å². The highest BCUT2D eigenvalue weighted by Gasteiger charge is 2.14. The van der Waals surface area contributed by atoms with Crippen molar-refractivity contribution in [1.82, 2.24) is 4.98 Å². The van der Waals surface area contributed by atoms with Crippen molar-refractivity contribution in [2.75, 3.05) is 11.1 Å². The van der Waals surface area contributed by atoms with E-state index < -0.39 is 17.6 Å². The van der Waals surface area contributed by atoms with Crippen molar-refractivity contribution in [2.24, 2.45) is 0 Å². The number of halogens is 3. The quantitative estimate of drug-likeness (QED) is 0.745. The molecule has 0 fully saturated rings. The van der Waals surface area contributed by atoms with E-state index in [-0.39, 0.29) is 27.2 Å². The number of nitrogens with two attached hydrogens (primary N) is 1. The molecule has 8 heteroatoms. The third kappa shape index (κ3) is 2.69. The van der Waals surface area contributed by atoms with Gasteiger partial charge in [0, 0.05) is 12.3 Å². The summed E-state index contributed by atoms with van der Waals surface area (Å²) in [5.74, 6) is -2.86. The minimum atomic E-state index is -1.23. The number of carboxylic acid groups (broad SMARTS) is 1. The van der Waals surface area contributed by atoms with Gasteiger partial charge in [0.15, 0.2) is 5.82 Å². The van der Waals surface area contributed by atoms with Gasteiger partial charge in [-0.05, 0) is 28.1 Å². The first kappa shape index (κ1) is 14.2. The van der Waals surface area contributed by atoms with E-state index in [0.717, 1.165) is 0 Å². The number of hydrogen-bond donors (Lipinski definition) is 3. The second kappa shape index (κ2) is 5.41. The van der Waals surface area contributed by atoms with Gasteiger partial charge in [-0.25, -0.2) is 18.6 Å². The number of pyridine rings is 1. The third-order valence-corrected chi connectivity index (χ3v) is 3.09. The number of aromatic carboxylic acids is 1. The van der Waals surface area contributed by atoms with Gasteiger partial charge in [-0.1, -0.05) is 0 Å². The van der Waals surface area contributed by atoms with E-state index >= 15 is 0 Å². The van der Waals surface area contributed by atoms with Crippen LogP contribution in [0.3, 0.4) is 0 Å². The normalized spacial score (nSPS) is 10.3. The molecule has 0 radical (unpaired) electrons. The van der Waals surface area contributed by atoms with Crippen molar-refractivity contribution < 1.29 is 18.7 Å². The van der Waals surface area contributed by atoms with Gasteiger partial charge in [0.2, 0.25) is 0 Å². The Morgan fingerprint density at radius 2 is 2.05 bits per heavy atom. The minimum absolute atomic E-state index is 0.0256. The largest absolute Gasteiger partial charge is 0.478 e. The third-order valence-electron chi connectivity index (χ3n) is 2.48. The molecule has 0 saturated carbocycles. The summed E-state index contributed by atoms with van der Waals surface area (Å²) in [6.45, 7) is 0. The second-order valence-corrected chi connectivity index (χ2v) is 4.65. The summed E-state index contributed by atoms with van der Waals surface area (Å²) < 4.78 is 26.8. The van der Waals surface area contributed by atoms with Crippen molar-refractivity contribution in [3.05, 3.63) is 46.1 Å². The van der Waals surface area contributed by atoms with Gasteiger partial charge >= 0.3 is 5.97 Å². The van der Waals surface area contributed by atoms with E-state index in [4.69, 9.17) is 10.8 Å². The standard InChI is InChI=1S/C12H8BrF2N3O2/c13-6-3-9(8(15)4-7(6)14)18-11-10(16)5(12(19)20)1-2-17-11/h1-4H,16H2,(H,17,18)(H,19,20). The fraction of sp³-hybridized carbons (Fsp3) is 0. The molecule has 0 aliphatic rings. The average Bonchev–Trinajstić information content (AvgIpc) is 2.37.